The van der Waals surface area contributed by atoms with Gasteiger partial charge >= 0.3 is 0 Å². The minimum Gasteiger partial charge on any atom is -0.455 e. The number of furan rings is 1. The van der Waals surface area contributed by atoms with Gasteiger partial charge in [-0.25, -0.2) is 0 Å². The fraction of sp³-hybridized carbons (Fsp3) is 0.500. The lowest BCUT2D eigenvalue weighted by atomic mass is 10.2. The summed E-state index contributed by atoms with van der Waals surface area (Å²) in [6, 6.07) is 14.4. The Hall–Kier alpha value is -2.15. The van der Waals surface area contributed by atoms with Crippen molar-refractivity contribution in [2.75, 3.05) is 59.4 Å². The minimum absolute atomic E-state index is 0.0204. The maximum absolute atomic E-state index is 12.6. The second-order valence-corrected chi connectivity index (χ2v) is 7.90. The third kappa shape index (κ3) is 4.82. The average Bonchev–Trinajstić information content (AvgIpc) is 3.19. The summed E-state index contributed by atoms with van der Waals surface area (Å²) in [4.78, 5) is 21.7. The van der Waals surface area contributed by atoms with Crippen LogP contribution in [0.25, 0.3) is 0 Å². The zero-order valence-corrected chi connectivity index (χ0v) is 16.7. The van der Waals surface area contributed by atoms with E-state index in [4.69, 9.17) is 4.42 Å². The maximum atomic E-state index is 12.6. The second-order valence-electron chi connectivity index (χ2n) is 7.90. The Morgan fingerprint density at radius 2 is 1.46 bits per heavy atom. The van der Waals surface area contributed by atoms with E-state index in [-0.39, 0.29) is 5.91 Å². The molecule has 2 saturated heterocycles. The monoisotopic (exact) mass is 382 g/mol. The number of benzene rings is 1. The van der Waals surface area contributed by atoms with Gasteiger partial charge in [-0.2, -0.15) is 0 Å². The summed E-state index contributed by atoms with van der Waals surface area (Å²) in [7, 11) is 2.09. The van der Waals surface area contributed by atoms with E-state index in [0.29, 0.717) is 5.76 Å². The normalized spacial score (nSPS) is 19.8. The van der Waals surface area contributed by atoms with Crippen molar-refractivity contribution in [2.24, 2.45) is 0 Å². The summed E-state index contributed by atoms with van der Waals surface area (Å²) in [6.45, 7) is 9.34. The van der Waals surface area contributed by atoms with E-state index in [0.717, 1.165) is 71.2 Å². The molecule has 1 aromatic carbocycles. The molecule has 2 aliphatic heterocycles. The molecule has 1 aromatic heterocycles. The van der Waals surface area contributed by atoms with Crippen molar-refractivity contribution < 1.29 is 9.21 Å². The van der Waals surface area contributed by atoms with Crippen LogP contribution in [0, 0.1) is 0 Å². The Balaban J connectivity index is 1.25. The highest BCUT2D eigenvalue weighted by molar-refractivity contribution is 5.91. The Bertz CT molecular complexity index is 760. The Morgan fingerprint density at radius 1 is 0.821 bits per heavy atom. The lowest BCUT2D eigenvalue weighted by molar-refractivity contribution is 0.0626. The number of likely N-dealkylation sites (N-methyl/N-ethyl adjacent to an activating group) is 1. The van der Waals surface area contributed by atoms with Gasteiger partial charge < -0.3 is 14.2 Å². The first-order valence-corrected chi connectivity index (χ1v) is 10.2. The lowest BCUT2D eigenvalue weighted by Gasteiger charge is -2.34. The molecule has 6 nitrogen and oxygen atoms in total. The van der Waals surface area contributed by atoms with Gasteiger partial charge in [0.2, 0.25) is 0 Å². The fourth-order valence-electron chi connectivity index (χ4n) is 3.91. The minimum atomic E-state index is 0.0204. The molecule has 150 valence electrons. The van der Waals surface area contributed by atoms with Crippen LogP contribution in [-0.2, 0) is 13.1 Å². The molecular formula is C22H30N4O2. The van der Waals surface area contributed by atoms with Gasteiger partial charge in [-0.15, -0.1) is 0 Å². The van der Waals surface area contributed by atoms with Crippen molar-refractivity contribution >= 4 is 5.91 Å². The SMILES string of the molecule is CN1CCN(C(=O)c2ccc(CN3CCN(Cc4ccccc4)CC3)o2)CC1. The number of carbonyl (C=O) groups excluding carboxylic acids is 1. The van der Waals surface area contributed by atoms with Crippen molar-refractivity contribution in [3.8, 4) is 0 Å². The van der Waals surface area contributed by atoms with Crippen LogP contribution in [0.15, 0.2) is 46.9 Å². The highest BCUT2D eigenvalue weighted by Crippen LogP contribution is 2.16. The Morgan fingerprint density at radius 3 is 2.14 bits per heavy atom. The number of hydrogen-bond donors (Lipinski definition) is 0. The molecule has 28 heavy (non-hydrogen) atoms. The van der Waals surface area contributed by atoms with E-state index >= 15 is 0 Å². The number of hydrogen-bond acceptors (Lipinski definition) is 5. The van der Waals surface area contributed by atoms with Crippen LogP contribution >= 0.6 is 0 Å². The van der Waals surface area contributed by atoms with E-state index in [2.05, 4.69) is 52.1 Å². The summed E-state index contributed by atoms with van der Waals surface area (Å²) >= 11 is 0. The van der Waals surface area contributed by atoms with Crippen molar-refractivity contribution in [2.45, 2.75) is 13.1 Å². The molecule has 0 aliphatic carbocycles. The smallest absolute Gasteiger partial charge is 0.289 e. The van der Waals surface area contributed by atoms with Crippen LogP contribution in [-0.4, -0.2) is 84.9 Å². The Kier molecular flexibility index (Phi) is 6.10. The van der Waals surface area contributed by atoms with E-state index in [1.54, 1.807) is 0 Å². The van der Waals surface area contributed by atoms with Crippen LogP contribution in [0.3, 0.4) is 0 Å². The van der Waals surface area contributed by atoms with Gasteiger partial charge in [-0.05, 0) is 24.7 Å². The first-order chi connectivity index (χ1) is 13.7. The van der Waals surface area contributed by atoms with Gasteiger partial charge in [-0.1, -0.05) is 30.3 Å². The molecule has 2 aliphatic rings. The van der Waals surface area contributed by atoms with Crippen LogP contribution < -0.4 is 0 Å². The highest BCUT2D eigenvalue weighted by atomic mass is 16.4. The molecule has 0 atom stereocenters. The molecule has 0 N–H and O–H groups in total. The van der Waals surface area contributed by atoms with Gasteiger partial charge in [0.05, 0.1) is 6.54 Å². The fourth-order valence-corrected chi connectivity index (χ4v) is 3.91. The standard InChI is InChI=1S/C22H30N4O2/c1-23-9-15-26(16-10-23)22(27)21-8-7-20(28-21)18-25-13-11-24(12-14-25)17-19-5-3-2-4-6-19/h2-8H,9-18H2,1H3. The van der Waals surface area contributed by atoms with Gasteiger partial charge in [0.15, 0.2) is 5.76 Å². The lowest BCUT2D eigenvalue weighted by Crippen LogP contribution is -2.47. The predicted octanol–water partition coefficient (Wildman–Crippen LogP) is 1.98. The number of rotatable bonds is 5. The predicted molar refractivity (Wildman–Crippen MR) is 109 cm³/mol. The second kappa shape index (κ2) is 8.90. The number of nitrogens with zero attached hydrogens (tertiary/aromatic N) is 4. The zero-order valence-electron chi connectivity index (χ0n) is 16.7. The van der Waals surface area contributed by atoms with Crippen LogP contribution in [0.1, 0.15) is 21.9 Å². The molecule has 0 unspecified atom stereocenters. The van der Waals surface area contributed by atoms with Gasteiger partial charge in [0, 0.05) is 58.9 Å². The molecule has 3 heterocycles. The van der Waals surface area contributed by atoms with Gasteiger partial charge in [-0.3, -0.25) is 14.6 Å². The van der Waals surface area contributed by atoms with Crippen molar-refractivity contribution in [3.63, 3.8) is 0 Å². The number of carbonyl (C=O) groups is 1. The quantitative estimate of drug-likeness (QED) is 0.791. The molecule has 6 heteroatoms. The third-order valence-electron chi connectivity index (χ3n) is 5.76. The van der Waals surface area contributed by atoms with Crippen LogP contribution in [0.4, 0.5) is 0 Å². The van der Waals surface area contributed by atoms with Gasteiger partial charge in [0.25, 0.3) is 5.91 Å². The molecule has 4 rings (SSSR count). The van der Waals surface area contributed by atoms with Crippen LogP contribution in [0.5, 0.6) is 0 Å². The Labute approximate surface area is 167 Å². The summed E-state index contributed by atoms with van der Waals surface area (Å²) in [5.41, 5.74) is 1.37. The first-order valence-electron chi connectivity index (χ1n) is 10.2. The number of piperazine rings is 2. The molecule has 0 spiro atoms. The van der Waals surface area contributed by atoms with E-state index in [1.807, 2.05) is 17.0 Å². The average molecular weight is 383 g/mol. The topological polar surface area (TPSA) is 43.2 Å². The van der Waals surface area contributed by atoms with Crippen molar-refractivity contribution in [1.29, 1.82) is 0 Å². The first kappa shape index (κ1) is 19.2. The molecule has 0 radical (unpaired) electrons. The summed E-state index contributed by atoms with van der Waals surface area (Å²) in [5.74, 6) is 1.38. The van der Waals surface area contributed by atoms with E-state index in [1.165, 1.54) is 5.56 Å². The van der Waals surface area contributed by atoms with Crippen molar-refractivity contribution in [1.82, 2.24) is 19.6 Å². The molecule has 2 aromatic rings. The van der Waals surface area contributed by atoms with Crippen molar-refractivity contribution in [3.05, 3.63) is 59.5 Å². The molecule has 1 amide bonds. The number of amides is 1. The highest BCUT2D eigenvalue weighted by Gasteiger charge is 2.24. The zero-order chi connectivity index (χ0) is 19.3. The summed E-state index contributed by atoms with van der Waals surface area (Å²) in [6.07, 6.45) is 0. The molecule has 0 saturated carbocycles. The van der Waals surface area contributed by atoms with Gasteiger partial charge in [0.1, 0.15) is 5.76 Å². The maximum Gasteiger partial charge on any atom is 0.289 e. The van der Waals surface area contributed by atoms with E-state index < -0.39 is 0 Å². The third-order valence-corrected chi connectivity index (χ3v) is 5.76. The summed E-state index contributed by atoms with van der Waals surface area (Å²) < 4.78 is 5.89. The van der Waals surface area contributed by atoms with E-state index in [9.17, 15) is 4.79 Å². The molecule has 2 fully saturated rings. The van der Waals surface area contributed by atoms with Crippen LogP contribution in [0.2, 0.25) is 0 Å². The molecule has 0 bridgehead atoms. The molecular weight excluding hydrogens is 352 g/mol. The summed E-state index contributed by atoms with van der Waals surface area (Å²) in [5, 5.41) is 0. The largest absolute Gasteiger partial charge is 0.455 e.